The van der Waals surface area contributed by atoms with E-state index in [1.54, 1.807) is 18.2 Å². The highest BCUT2D eigenvalue weighted by Gasteiger charge is 2.12. The van der Waals surface area contributed by atoms with E-state index >= 15 is 0 Å². The van der Waals surface area contributed by atoms with Crippen molar-refractivity contribution in [1.82, 2.24) is 0 Å². The van der Waals surface area contributed by atoms with Crippen LogP contribution in [-0.2, 0) is 15.7 Å². The maximum Gasteiger partial charge on any atom is 0.695 e. The van der Waals surface area contributed by atoms with Gasteiger partial charge < -0.3 is 4.74 Å². The summed E-state index contributed by atoms with van der Waals surface area (Å²) in [5, 5.41) is 0.496. The quantitative estimate of drug-likeness (QED) is 0.815. The van der Waals surface area contributed by atoms with E-state index in [0.717, 1.165) is 0 Å². The van der Waals surface area contributed by atoms with Crippen LogP contribution in [0.1, 0.15) is 5.56 Å². The number of benzene rings is 1. The molecule has 0 aliphatic heterocycles. The molecular formula is C8H9ClO4P+. The molecule has 0 saturated heterocycles. The van der Waals surface area contributed by atoms with Gasteiger partial charge in [0.2, 0.25) is 0 Å². The molecule has 0 radical (unpaired) electrons. The van der Waals surface area contributed by atoms with Gasteiger partial charge in [-0.25, -0.2) is 0 Å². The minimum atomic E-state index is -2.58. The average molecular weight is 236 g/mol. The molecule has 1 N–H and O–H groups in total. The summed E-state index contributed by atoms with van der Waals surface area (Å²) in [6.07, 6.45) is 0. The second-order valence-corrected chi connectivity index (χ2v) is 3.68. The minimum Gasteiger partial charge on any atom is -0.497 e. The summed E-state index contributed by atoms with van der Waals surface area (Å²) in [5.74, 6) is 0.587. The standard InChI is InChI=1S/C8H8ClO4P/c1-12-8-3-6(2-7(9)4-8)5-13-14(10)11/h2-4H,5H2,1H3/p+1. The molecule has 0 aromatic heterocycles. The van der Waals surface area contributed by atoms with E-state index in [0.29, 0.717) is 16.3 Å². The third-order valence-electron chi connectivity index (χ3n) is 1.51. The fourth-order valence-corrected chi connectivity index (χ4v) is 1.46. The Bertz CT molecular complexity index is 342. The maximum atomic E-state index is 10.3. The minimum absolute atomic E-state index is 0.0304. The largest absolute Gasteiger partial charge is 0.695 e. The highest BCUT2D eigenvalue weighted by molar-refractivity contribution is 7.32. The summed E-state index contributed by atoms with van der Waals surface area (Å²) < 4.78 is 19.8. The average Bonchev–Trinajstić information content (AvgIpc) is 2.14. The van der Waals surface area contributed by atoms with Crippen LogP contribution in [-0.4, -0.2) is 12.0 Å². The highest BCUT2D eigenvalue weighted by Crippen LogP contribution is 2.24. The Balaban J connectivity index is 2.76. The van der Waals surface area contributed by atoms with Gasteiger partial charge in [-0.3, -0.25) is 0 Å². The van der Waals surface area contributed by atoms with E-state index in [1.807, 2.05) is 0 Å². The predicted molar refractivity (Wildman–Crippen MR) is 52.6 cm³/mol. The molecule has 14 heavy (non-hydrogen) atoms. The normalized spacial score (nSPS) is 11.2. The van der Waals surface area contributed by atoms with Crippen molar-refractivity contribution >= 4 is 19.9 Å². The van der Waals surface area contributed by atoms with Crippen molar-refractivity contribution < 1.29 is 18.7 Å². The van der Waals surface area contributed by atoms with Crippen LogP contribution in [0.3, 0.4) is 0 Å². The Labute approximate surface area is 87.4 Å². The van der Waals surface area contributed by atoms with Gasteiger partial charge in [0.25, 0.3) is 0 Å². The molecule has 76 valence electrons. The van der Waals surface area contributed by atoms with Crippen LogP contribution in [0.15, 0.2) is 18.2 Å². The first-order valence-electron chi connectivity index (χ1n) is 3.74. The van der Waals surface area contributed by atoms with E-state index in [9.17, 15) is 4.57 Å². The third kappa shape index (κ3) is 3.60. The van der Waals surface area contributed by atoms with Gasteiger partial charge in [0.05, 0.1) is 7.11 Å². The third-order valence-corrected chi connectivity index (χ3v) is 2.08. The molecule has 1 aromatic carbocycles. The molecule has 1 unspecified atom stereocenters. The van der Waals surface area contributed by atoms with Gasteiger partial charge in [-0.05, 0) is 23.8 Å². The summed E-state index contributed by atoms with van der Waals surface area (Å²) in [6, 6.07) is 4.97. The predicted octanol–water partition coefficient (Wildman–Crippen LogP) is 2.51. The number of hydrogen-bond donors (Lipinski definition) is 1. The van der Waals surface area contributed by atoms with Gasteiger partial charge in [-0.1, -0.05) is 11.6 Å². The molecule has 0 heterocycles. The number of rotatable bonds is 4. The maximum absolute atomic E-state index is 10.3. The molecular weight excluding hydrogens is 227 g/mol. The van der Waals surface area contributed by atoms with Crippen LogP contribution in [0.4, 0.5) is 0 Å². The number of hydrogen-bond acceptors (Lipinski definition) is 3. The zero-order valence-electron chi connectivity index (χ0n) is 7.44. The lowest BCUT2D eigenvalue weighted by Gasteiger charge is -2.02. The zero-order chi connectivity index (χ0) is 10.6. The van der Waals surface area contributed by atoms with Crippen LogP contribution < -0.4 is 4.74 Å². The monoisotopic (exact) mass is 235 g/mol. The van der Waals surface area contributed by atoms with Gasteiger partial charge in [-0.15, -0.1) is 9.42 Å². The highest BCUT2D eigenvalue weighted by atomic mass is 35.5. The molecule has 1 aromatic rings. The molecule has 0 amide bonds. The van der Waals surface area contributed by atoms with Gasteiger partial charge in [0.1, 0.15) is 12.4 Å². The van der Waals surface area contributed by atoms with Crippen molar-refractivity contribution in [3.8, 4) is 5.75 Å². The topological polar surface area (TPSA) is 55.8 Å². The molecule has 0 aliphatic carbocycles. The van der Waals surface area contributed by atoms with E-state index in [-0.39, 0.29) is 6.61 Å². The lowest BCUT2D eigenvalue weighted by atomic mass is 10.2. The first-order valence-corrected chi connectivity index (χ1v) is 5.25. The number of ether oxygens (including phenoxy) is 1. The molecule has 4 nitrogen and oxygen atoms in total. The van der Waals surface area contributed by atoms with Crippen molar-refractivity contribution in [1.29, 1.82) is 0 Å². The van der Waals surface area contributed by atoms with Crippen molar-refractivity contribution in [2.75, 3.05) is 7.11 Å². The van der Waals surface area contributed by atoms with E-state index in [2.05, 4.69) is 4.52 Å². The van der Waals surface area contributed by atoms with Crippen LogP contribution in [0.2, 0.25) is 5.02 Å². The summed E-state index contributed by atoms with van der Waals surface area (Å²) in [5.41, 5.74) is 0.687. The Hall–Kier alpha value is -0.670. The van der Waals surface area contributed by atoms with Crippen LogP contribution in [0, 0.1) is 0 Å². The van der Waals surface area contributed by atoms with E-state index in [4.69, 9.17) is 21.2 Å². The molecule has 1 atom stereocenters. The Morgan fingerprint density at radius 3 is 2.79 bits per heavy atom. The summed E-state index contributed by atoms with van der Waals surface area (Å²) in [7, 11) is -1.06. The van der Waals surface area contributed by atoms with Gasteiger partial charge in [-0.2, -0.15) is 0 Å². The van der Waals surface area contributed by atoms with Gasteiger partial charge >= 0.3 is 8.25 Å². The summed E-state index contributed by atoms with van der Waals surface area (Å²) in [4.78, 5) is 8.43. The molecule has 1 rings (SSSR count). The van der Waals surface area contributed by atoms with E-state index in [1.165, 1.54) is 7.11 Å². The first kappa shape index (κ1) is 11.4. The van der Waals surface area contributed by atoms with Crippen molar-refractivity contribution in [3.05, 3.63) is 28.8 Å². The van der Waals surface area contributed by atoms with Crippen LogP contribution >= 0.6 is 19.9 Å². The second kappa shape index (κ2) is 5.27. The Kier molecular flexibility index (Phi) is 4.29. The second-order valence-electron chi connectivity index (χ2n) is 2.51. The molecule has 0 spiro atoms. The molecule has 0 saturated carbocycles. The molecule has 0 bridgehead atoms. The number of halogens is 1. The fourth-order valence-electron chi connectivity index (χ4n) is 0.952. The van der Waals surface area contributed by atoms with Gasteiger partial charge in [0.15, 0.2) is 0 Å². The van der Waals surface area contributed by atoms with Crippen molar-refractivity contribution in [2.24, 2.45) is 0 Å². The summed E-state index contributed by atoms with van der Waals surface area (Å²) in [6.45, 7) is 0.0304. The molecule has 0 fully saturated rings. The smallest absolute Gasteiger partial charge is 0.497 e. The lowest BCUT2D eigenvalue weighted by molar-refractivity contribution is 0.272. The Morgan fingerprint density at radius 1 is 1.50 bits per heavy atom. The zero-order valence-corrected chi connectivity index (χ0v) is 9.09. The van der Waals surface area contributed by atoms with E-state index < -0.39 is 8.25 Å². The molecule has 6 heteroatoms. The Morgan fingerprint density at radius 2 is 2.21 bits per heavy atom. The SMILES string of the molecule is COc1cc(Cl)cc(CO[P+](=O)O)c1. The first-order chi connectivity index (χ1) is 6.61. The molecule has 0 aliphatic rings. The number of methoxy groups -OCH3 is 1. The summed E-state index contributed by atoms with van der Waals surface area (Å²) >= 11 is 5.77. The van der Waals surface area contributed by atoms with Crippen LogP contribution in [0.25, 0.3) is 0 Å². The van der Waals surface area contributed by atoms with Crippen LogP contribution in [0.5, 0.6) is 5.75 Å². The van der Waals surface area contributed by atoms with Crippen molar-refractivity contribution in [3.63, 3.8) is 0 Å². The fraction of sp³-hybridized carbons (Fsp3) is 0.250. The lowest BCUT2D eigenvalue weighted by Crippen LogP contribution is -1.89. The van der Waals surface area contributed by atoms with Gasteiger partial charge in [0, 0.05) is 9.59 Å². The van der Waals surface area contributed by atoms with Crippen molar-refractivity contribution in [2.45, 2.75) is 6.61 Å².